The quantitative estimate of drug-likeness (QED) is 0.879. The molecule has 25 heavy (non-hydrogen) atoms. The fraction of sp³-hybridized carbons (Fsp3) is 0.500. The molecule has 2 aromatic rings. The minimum Gasteiger partial charge on any atom is -0.340 e. The number of carbonyl (C=O) groups excluding carboxylic acids is 1. The van der Waals surface area contributed by atoms with Gasteiger partial charge in [-0.3, -0.25) is 9.89 Å². The SMILES string of the molecule is CC(C)N1CC(CN(C)Cc2cn[nH]c2-c2ccccc2)CCC1=O. The van der Waals surface area contributed by atoms with Crippen LogP contribution < -0.4 is 0 Å². The molecule has 0 bridgehead atoms. The fourth-order valence-electron chi connectivity index (χ4n) is 3.67. The number of amides is 1. The summed E-state index contributed by atoms with van der Waals surface area (Å²) in [5, 5.41) is 7.37. The molecule has 0 aliphatic carbocycles. The van der Waals surface area contributed by atoms with Crippen LogP contribution in [0, 0.1) is 5.92 Å². The predicted octanol–water partition coefficient (Wildman–Crippen LogP) is 3.16. The second kappa shape index (κ2) is 7.83. The van der Waals surface area contributed by atoms with E-state index in [1.165, 1.54) is 5.56 Å². The summed E-state index contributed by atoms with van der Waals surface area (Å²) in [5.74, 6) is 0.840. The van der Waals surface area contributed by atoms with Gasteiger partial charge in [0.2, 0.25) is 5.91 Å². The molecule has 1 atom stereocenters. The van der Waals surface area contributed by atoms with Crippen molar-refractivity contribution in [2.45, 2.75) is 39.3 Å². The van der Waals surface area contributed by atoms with Crippen LogP contribution in [0.4, 0.5) is 0 Å². The Morgan fingerprint density at radius 1 is 1.32 bits per heavy atom. The van der Waals surface area contributed by atoms with Crippen molar-refractivity contribution in [1.29, 1.82) is 0 Å². The number of likely N-dealkylation sites (tertiary alicyclic amines) is 1. The Kier molecular flexibility index (Phi) is 5.53. The zero-order valence-corrected chi connectivity index (χ0v) is 15.4. The molecule has 1 N–H and O–H groups in total. The Hall–Kier alpha value is -2.14. The van der Waals surface area contributed by atoms with E-state index < -0.39 is 0 Å². The third kappa shape index (κ3) is 4.28. The normalized spacial score (nSPS) is 18.4. The van der Waals surface area contributed by atoms with E-state index in [4.69, 9.17) is 0 Å². The first kappa shape index (κ1) is 17.7. The largest absolute Gasteiger partial charge is 0.340 e. The average molecular weight is 340 g/mol. The Morgan fingerprint density at radius 3 is 2.80 bits per heavy atom. The molecule has 3 rings (SSSR count). The highest BCUT2D eigenvalue weighted by molar-refractivity contribution is 5.77. The lowest BCUT2D eigenvalue weighted by molar-refractivity contribution is -0.136. The van der Waals surface area contributed by atoms with Crippen molar-refractivity contribution in [2.24, 2.45) is 5.92 Å². The van der Waals surface area contributed by atoms with Gasteiger partial charge in [-0.2, -0.15) is 5.10 Å². The average Bonchev–Trinajstić information content (AvgIpc) is 3.05. The van der Waals surface area contributed by atoms with Gasteiger partial charge < -0.3 is 9.80 Å². The van der Waals surface area contributed by atoms with E-state index >= 15 is 0 Å². The maximum absolute atomic E-state index is 12.0. The third-order valence-electron chi connectivity index (χ3n) is 4.96. The van der Waals surface area contributed by atoms with E-state index in [2.05, 4.69) is 48.1 Å². The highest BCUT2D eigenvalue weighted by atomic mass is 16.2. The number of aromatic amines is 1. The van der Waals surface area contributed by atoms with Gasteiger partial charge in [-0.15, -0.1) is 0 Å². The number of nitrogens with zero attached hydrogens (tertiary/aromatic N) is 3. The smallest absolute Gasteiger partial charge is 0.222 e. The zero-order chi connectivity index (χ0) is 17.8. The molecule has 1 fully saturated rings. The van der Waals surface area contributed by atoms with Crippen molar-refractivity contribution in [3.05, 3.63) is 42.1 Å². The molecule has 1 amide bonds. The zero-order valence-electron chi connectivity index (χ0n) is 15.4. The van der Waals surface area contributed by atoms with Gasteiger partial charge in [-0.25, -0.2) is 0 Å². The van der Waals surface area contributed by atoms with E-state index in [-0.39, 0.29) is 0 Å². The summed E-state index contributed by atoms with van der Waals surface area (Å²) < 4.78 is 0. The summed E-state index contributed by atoms with van der Waals surface area (Å²) in [6.45, 7) is 6.92. The van der Waals surface area contributed by atoms with Gasteiger partial charge in [0.05, 0.1) is 11.9 Å². The summed E-state index contributed by atoms with van der Waals surface area (Å²) in [7, 11) is 2.15. The second-order valence-corrected chi connectivity index (χ2v) is 7.38. The monoisotopic (exact) mass is 340 g/mol. The number of aromatic nitrogens is 2. The Balaban J connectivity index is 1.61. The third-order valence-corrected chi connectivity index (χ3v) is 4.96. The van der Waals surface area contributed by atoms with Gasteiger partial charge in [0.15, 0.2) is 0 Å². The Morgan fingerprint density at radius 2 is 2.08 bits per heavy atom. The molecule has 5 heteroatoms. The van der Waals surface area contributed by atoms with Crippen LogP contribution in [0.5, 0.6) is 0 Å². The molecule has 1 saturated heterocycles. The minimum absolute atomic E-state index is 0.291. The van der Waals surface area contributed by atoms with Gasteiger partial charge >= 0.3 is 0 Å². The standard InChI is InChI=1S/C20H28N4O/c1-15(2)24-13-16(9-10-19(24)25)12-23(3)14-18-11-21-22-20(18)17-7-5-4-6-8-17/h4-8,11,15-16H,9-10,12-14H2,1-3H3,(H,21,22). The highest BCUT2D eigenvalue weighted by Gasteiger charge is 2.28. The molecule has 134 valence electrons. The Labute approximate surface area is 150 Å². The topological polar surface area (TPSA) is 52.2 Å². The molecular formula is C20H28N4O. The van der Waals surface area contributed by atoms with Gasteiger partial charge in [-0.1, -0.05) is 30.3 Å². The summed E-state index contributed by atoms with van der Waals surface area (Å²) >= 11 is 0. The van der Waals surface area contributed by atoms with Crippen LogP contribution in [0.2, 0.25) is 0 Å². The van der Waals surface area contributed by atoms with Crippen molar-refractivity contribution in [1.82, 2.24) is 20.0 Å². The molecule has 1 aliphatic heterocycles. The maximum atomic E-state index is 12.0. The number of rotatable bonds is 6. The predicted molar refractivity (Wildman–Crippen MR) is 99.9 cm³/mol. The van der Waals surface area contributed by atoms with Gasteiger partial charge in [0.25, 0.3) is 0 Å². The van der Waals surface area contributed by atoms with Crippen LogP contribution in [0.3, 0.4) is 0 Å². The van der Waals surface area contributed by atoms with Crippen LogP contribution in [0.25, 0.3) is 11.3 Å². The van der Waals surface area contributed by atoms with E-state index in [9.17, 15) is 4.79 Å². The van der Waals surface area contributed by atoms with Crippen molar-refractivity contribution < 1.29 is 4.79 Å². The number of H-pyrrole nitrogens is 1. The highest BCUT2D eigenvalue weighted by Crippen LogP contribution is 2.24. The molecule has 5 nitrogen and oxygen atoms in total. The van der Waals surface area contributed by atoms with Crippen LogP contribution in [-0.4, -0.2) is 52.1 Å². The van der Waals surface area contributed by atoms with E-state index in [1.54, 1.807) is 0 Å². The lowest BCUT2D eigenvalue weighted by Crippen LogP contribution is -2.46. The molecule has 1 aromatic carbocycles. The number of carbonyl (C=O) groups is 1. The fourth-order valence-corrected chi connectivity index (χ4v) is 3.67. The number of hydrogen-bond donors (Lipinski definition) is 1. The van der Waals surface area contributed by atoms with Crippen molar-refractivity contribution in [3.63, 3.8) is 0 Å². The molecule has 1 aliphatic rings. The lowest BCUT2D eigenvalue weighted by atomic mass is 9.95. The Bertz CT molecular complexity index is 695. The maximum Gasteiger partial charge on any atom is 0.222 e. The molecule has 1 unspecified atom stereocenters. The van der Waals surface area contributed by atoms with Gasteiger partial charge in [0, 0.05) is 37.7 Å². The van der Waals surface area contributed by atoms with Gasteiger partial charge in [-0.05, 0) is 38.8 Å². The number of hydrogen-bond acceptors (Lipinski definition) is 3. The lowest BCUT2D eigenvalue weighted by Gasteiger charge is -2.37. The van der Waals surface area contributed by atoms with Crippen LogP contribution in [0.1, 0.15) is 32.3 Å². The summed E-state index contributed by atoms with van der Waals surface area (Å²) in [6, 6.07) is 10.6. The first-order valence-electron chi connectivity index (χ1n) is 9.10. The molecule has 1 aromatic heterocycles. The van der Waals surface area contributed by atoms with E-state index in [0.29, 0.717) is 24.3 Å². The molecule has 0 spiro atoms. The van der Waals surface area contributed by atoms with E-state index in [0.717, 1.165) is 37.3 Å². The van der Waals surface area contributed by atoms with Crippen LogP contribution >= 0.6 is 0 Å². The minimum atomic E-state index is 0.291. The first-order chi connectivity index (χ1) is 12.0. The van der Waals surface area contributed by atoms with Crippen molar-refractivity contribution in [3.8, 4) is 11.3 Å². The van der Waals surface area contributed by atoms with Gasteiger partial charge in [0.1, 0.15) is 0 Å². The number of nitrogens with one attached hydrogen (secondary N) is 1. The first-order valence-corrected chi connectivity index (χ1v) is 9.10. The summed E-state index contributed by atoms with van der Waals surface area (Å²) in [6.07, 6.45) is 3.59. The van der Waals surface area contributed by atoms with Crippen LogP contribution in [-0.2, 0) is 11.3 Å². The molecular weight excluding hydrogens is 312 g/mol. The summed E-state index contributed by atoms with van der Waals surface area (Å²) in [4.78, 5) is 16.4. The van der Waals surface area contributed by atoms with E-state index in [1.807, 2.05) is 29.3 Å². The number of benzene rings is 1. The molecule has 0 saturated carbocycles. The summed E-state index contributed by atoms with van der Waals surface area (Å²) in [5.41, 5.74) is 3.47. The molecule has 2 heterocycles. The van der Waals surface area contributed by atoms with Crippen LogP contribution in [0.15, 0.2) is 36.5 Å². The van der Waals surface area contributed by atoms with Crippen molar-refractivity contribution in [2.75, 3.05) is 20.1 Å². The number of piperidine rings is 1. The van der Waals surface area contributed by atoms with Crippen molar-refractivity contribution >= 4 is 5.91 Å². The molecule has 0 radical (unpaired) electrons. The second-order valence-electron chi connectivity index (χ2n) is 7.38.